The molecule has 0 bridgehead atoms. The molecule has 0 saturated carbocycles. The van der Waals surface area contributed by atoms with E-state index >= 15 is 0 Å². The third kappa shape index (κ3) is 4.09. The van der Waals surface area contributed by atoms with Gasteiger partial charge < -0.3 is 15.0 Å². The van der Waals surface area contributed by atoms with Crippen molar-refractivity contribution in [3.8, 4) is 5.75 Å². The summed E-state index contributed by atoms with van der Waals surface area (Å²) in [5.74, 6) is 0.846. The average Bonchev–Trinajstić information content (AvgIpc) is 2.73. The van der Waals surface area contributed by atoms with Crippen LogP contribution < -0.4 is 10.1 Å². The lowest BCUT2D eigenvalue weighted by Gasteiger charge is -2.37. The summed E-state index contributed by atoms with van der Waals surface area (Å²) in [5, 5.41) is 4.01. The van der Waals surface area contributed by atoms with Crippen LogP contribution in [0.1, 0.15) is 49.2 Å². The summed E-state index contributed by atoms with van der Waals surface area (Å²) in [5.41, 5.74) is 3.29. The van der Waals surface area contributed by atoms with E-state index in [-0.39, 0.29) is 11.8 Å². The number of rotatable bonds is 7. The van der Waals surface area contributed by atoms with Crippen LogP contribution >= 0.6 is 12.2 Å². The van der Waals surface area contributed by atoms with Gasteiger partial charge in [-0.25, -0.2) is 0 Å². The fraction of sp³-hybridized carbons (Fsp3) is 0.304. The Morgan fingerprint density at radius 1 is 1.11 bits per heavy atom. The SMILES string of the molecule is CCCOc1ccc(C2NC(=S)N(CC)C(C)=C2C(=O)c2ccccc2)cc1. The molecule has 28 heavy (non-hydrogen) atoms. The molecule has 1 unspecified atom stereocenters. The van der Waals surface area contributed by atoms with Gasteiger partial charge in [0.05, 0.1) is 12.6 Å². The van der Waals surface area contributed by atoms with Crippen molar-refractivity contribution >= 4 is 23.1 Å². The van der Waals surface area contributed by atoms with Gasteiger partial charge in [-0.2, -0.15) is 0 Å². The fourth-order valence-electron chi connectivity index (χ4n) is 3.43. The largest absolute Gasteiger partial charge is 0.494 e. The number of carbonyl (C=O) groups is 1. The van der Waals surface area contributed by atoms with Crippen LogP contribution in [0.3, 0.4) is 0 Å². The van der Waals surface area contributed by atoms with Gasteiger partial charge in [-0.3, -0.25) is 4.79 Å². The zero-order chi connectivity index (χ0) is 20.1. The highest BCUT2D eigenvalue weighted by atomic mass is 32.1. The molecule has 2 aromatic carbocycles. The maximum absolute atomic E-state index is 13.4. The predicted molar refractivity (Wildman–Crippen MR) is 117 cm³/mol. The number of nitrogens with one attached hydrogen (secondary N) is 1. The topological polar surface area (TPSA) is 41.6 Å². The van der Waals surface area contributed by atoms with Gasteiger partial charge >= 0.3 is 0 Å². The van der Waals surface area contributed by atoms with Crippen molar-refractivity contribution in [3.63, 3.8) is 0 Å². The van der Waals surface area contributed by atoms with Crippen LogP contribution in [0.5, 0.6) is 5.75 Å². The van der Waals surface area contributed by atoms with Gasteiger partial charge in [0.15, 0.2) is 10.9 Å². The van der Waals surface area contributed by atoms with E-state index in [1.807, 2.05) is 73.3 Å². The zero-order valence-electron chi connectivity index (χ0n) is 16.6. The average molecular weight is 395 g/mol. The minimum Gasteiger partial charge on any atom is -0.494 e. The summed E-state index contributed by atoms with van der Waals surface area (Å²) < 4.78 is 5.68. The van der Waals surface area contributed by atoms with Crippen LogP contribution in [-0.2, 0) is 0 Å². The molecule has 0 spiro atoms. The number of Topliss-reactive ketones (excluding diaryl/α,β-unsaturated/α-hetero) is 1. The third-order valence-electron chi connectivity index (χ3n) is 4.88. The van der Waals surface area contributed by atoms with Gasteiger partial charge in [0.2, 0.25) is 0 Å². The molecule has 3 rings (SSSR count). The monoisotopic (exact) mass is 394 g/mol. The van der Waals surface area contributed by atoms with Gasteiger partial charge in [0.1, 0.15) is 5.75 Å². The highest BCUT2D eigenvalue weighted by Gasteiger charge is 2.33. The van der Waals surface area contributed by atoms with Crippen molar-refractivity contribution in [3.05, 3.63) is 77.0 Å². The molecule has 1 N–H and O–H groups in total. The number of benzene rings is 2. The lowest BCUT2D eigenvalue weighted by molar-refractivity contribution is 0.102. The Morgan fingerprint density at radius 2 is 1.79 bits per heavy atom. The Bertz CT molecular complexity index is 875. The third-order valence-corrected chi connectivity index (χ3v) is 5.22. The maximum Gasteiger partial charge on any atom is 0.193 e. The van der Waals surface area contributed by atoms with Gasteiger partial charge in [0.25, 0.3) is 0 Å². The Hall–Kier alpha value is -2.66. The van der Waals surface area contributed by atoms with Crippen LogP contribution in [0.4, 0.5) is 0 Å². The smallest absolute Gasteiger partial charge is 0.193 e. The molecule has 0 amide bonds. The molecule has 0 saturated heterocycles. The van der Waals surface area contributed by atoms with E-state index in [0.717, 1.165) is 29.0 Å². The van der Waals surface area contributed by atoms with Gasteiger partial charge in [0, 0.05) is 23.4 Å². The number of ether oxygens (including phenoxy) is 1. The molecular formula is C23H26N2O2S. The van der Waals surface area contributed by atoms with E-state index in [4.69, 9.17) is 17.0 Å². The second-order valence-corrected chi connectivity index (χ2v) is 7.13. The van der Waals surface area contributed by atoms with Gasteiger partial charge in [-0.1, -0.05) is 49.4 Å². The van der Waals surface area contributed by atoms with E-state index < -0.39 is 0 Å². The summed E-state index contributed by atoms with van der Waals surface area (Å²) in [6.45, 7) is 7.48. The molecule has 1 heterocycles. The number of hydrogen-bond acceptors (Lipinski definition) is 3. The molecule has 146 valence electrons. The van der Waals surface area contributed by atoms with E-state index in [9.17, 15) is 4.79 Å². The number of thiocarbonyl (C=S) groups is 1. The molecule has 0 aliphatic carbocycles. The molecule has 2 aromatic rings. The van der Waals surface area contributed by atoms with Crippen molar-refractivity contribution in [2.45, 2.75) is 33.2 Å². The predicted octanol–water partition coefficient (Wildman–Crippen LogP) is 4.88. The molecule has 1 aliphatic heterocycles. The number of carbonyl (C=O) groups excluding carboxylic acids is 1. The summed E-state index contributed by atoms with van der Waals surface area (Å²) >= 11 is 5.56. The normalized spacial score (nSPS) is 16.8. The van der Waals surface area contributed by atoms with Crippen molar-refractivity contribution < 1.29 is 9.53 Å². The quantitative estimate of drug-likeness (QED) is 0.535. The Morgan fingerprint density at radius 3 is 2.39 bits per heavy atom. The molecule has 0 radical (unpaired) electrons. The van der Waals surface area contributed by atoms with Crippen LogP contribution in [-0.4, -0.2) is 28.9 Å². The first-order valence-corrected chi connectivity index (χ1v) is 10.1. The number of allylic oxidation sites excluding steroid dienone is 1. The summed E-state index contributed by atoms with van der Waals surface area (Å²) in [7, 11) is 0. The van der Waals surface area contributed by atoms with Crippen molar-refractivity contribution in [2.75, 3.05) is 13.2 Å². The first-order valence-electron chi connectivity index (χ1n) is 9.68. The number of nitrogens with zero attached hydrogens (tertiary/aromatic N) is 1. The Labute approximate surface area is 172 Å². The molecule has 0 aromatic heterocycles. The van der Waals surface area contributed by atoms with Crippen molar-refractivity contribution in [1.29, 1.82) is 0 Å². The van der Waals surface area contributed by atoms with Crippen LogP contribution in [0.2, 0.25) is 0 Å². The highest BCUT2D eigenvalue weighted by Crippen LogP contribution is 2.33. The minimum atomic E-state index is -0.289. The van der Waals surface area contributed by atoms with E-state index in [0.29, 0.717) is 23.8 Å². The van der Waals surface area contributed by atoms with Crippen LogP contribution in [0.15, 0.2) is 65.9 Å². The second kappa shape index (κ2) is 9.02. The Kier molecular flexibility index (Phi) is 6.47. The van der Waals surface area contributed by atoms with Crippen molar-refractivity contribution in [2.24, 2.45) is 0 Å². The molecular weight excluding hydrogens is 368 g/mol. The zero-order valence-corrected chi connectivity index (χ0v) is 17.4. The highest BCUT2D eigenvalue weighted by molar-refractivity contribution is 7.80. The van der Waals surface area contributed by atoms with E-state index in [1.54, 1.807) is 0 Å². The molecule has 4 nitrogen and oxygen atoms in total. The molecule has 1 aliphatic rings. The summed E-state index contributed by atoms with van der Waals surface area (Å²) in [4.78, 5) is 15.4. The van der Waals surface area contributed by atoms with Gasteiger partial charge in [-0.05, 0) is 50.2 Å². The van der Waals surface area contributed by atoms with Crippen LogP contribution in [0.25, 0.3) is 0 Å². The molecule has 0 fully saturated rings. The first-order chi connectivity index (χ1) is 13.6. The van der Waals surface area contributed by atoms with Crippen molar-refractivity contribution in [1.82, 2.24) is 10.2 Å². The van der Waals surface area contributed by atoms with E-state index in [1.165, 1.54) is 0 Å². The minimum absolute atomic E-state index is 0.0165. The summed E-state index contributed by atoms with van der Waals surface area (Å²) in [6.07, 6.45) is 0.963. The van der Waals surface area contributed by atoms with Gasteiger partial charge in [-0.15, -0.1) is 0 Å². The fourth-order valence-corrected chi connectivity index (χ4v) is 3.81. The lowest BCUT2D eigenvalue weighted by Crippen LogP contribution is -2.47. The second-order valence-electron chi connectivity index (χ2n) is 6.74. The number of ketones is 1. The summed E-state index contributed by atoms with van der Waals surface area (Å²) in [6, 6.07) is 17.0. The lowest BCUT2D eigenvalue weighted by atomic mass is 9.89. The van der Waals surface area contributed by atoms with E-state index in [2.05, 4.69) is 12.2 Å². The van der Waals surface area contributed by atoms with Crippen LogP contribution in [0, 0.1) is 0 Å². The standard InChI is InChI=1S/C23H26N2O2S/c1-4-15-27-19-13-11-17(12-14-19)21-20(16(3)25(5-2)23(28)24-21)22(26)18-9-7-6-8-10-18/h6-14,21H,4-5,15H2,1-3H3,(H,24,28). The Balaban J connectivity index is 2.01. The molecule has 1 atom stereocenters. The first kappa shape index (κ1) is 20.1. The maximum atomic E-state index is 13.4. The molecule has 5 heteroatoms. The number of hydrogen-bond donors (Lipinski definition) is 1.